The molecule has 108 heavy (non-hydrogen) atoms. The number of likely N-dealkylation sites (N-methyl/N-ethyl adjacent to an activating group) is 1. The lowest BCUT2D eigenvalue weighted by molar-refractivity contribution is -0.364. The van der Waals surface area contributed by atoms with Crippen molar-refractivity contribution in [2.24, 2.45) is 29.6 Å². The van der Waals surface area contributed by atoms with Gasteiger partial charge in [-0.25, -0.2) is 4.79 Å². The second kappa shape index (κ2) is 39.6. The van der Waals surface area contributed by atoms with Crippen LogP contribution in [0, 0.1) is 29.6 Å². The molecule has 12 atom stereocenters. The molecule has 2 aliphatic carbocycles. The highest BCUT2D eigenvalue weighted by atomic mass is 16.8. The molecule has 27 heteroatoms. The van der Waals surface area contributed by atoms with Gasteiger partial charge in [0.25, 0.3) is 0 Å². The number of aliphatic hydroxyl groups excluding tert-OH is 3. The molecule has 4 heterocycles. The van der Waals surface area contributed by atoms with Gasteiger partial charge < -0.3 is 97.2 Å². The van der Waals surface area contributed by atoms with Crippen LogP contribution >= 0.6 is 0 Å². The Bertz CT molecular complexity index is 3830. The van der Waals surface area contributed by atoms with Crippen molar-refractivity contribution in [3.05, 3.63) is 142 Å². The first-order valence-corrected chi connectivity index (χ1v) is 37.1. The van der Waals surface area contributed by atoms with Crippen LogP contribution in [0.3, 0.4) is 0 Å². The fraction of sp³-hybridized carbons (Fsp3) is 0.531. The van der Waals surface area contributed by atoms with E-state index in [1.807, 2.05) is 56.3 Å². The Hall–Kier alpha value is -8.74. The molecule has 0 bridgehead atoms. The highest BCUT2D eigenvalue weighted by molar-refractivity contribution is 5.89. The van der Waals surface area contributed by atoms with E-state index in [9.17, 15) is 53.7 Å². The molecular weight excluding hydrogens is 1400 g/mol. The van der Waals surface area contributed by atoms with Crippen LogP contribution < -0.4 is 29.6 Å². The molecule has 584 valence electrons. The van der Waals surface area contributed by atoms with Crippen molar-refractivity contribution in [1.82, 2.24) is 15.5 Å². The van der Waals surface area contributed by atoms with Crippen molar-refractivity contribution in [1.29, 1.82) is 0 Å². The molecule has 0 spiro atoms. The van der Waals surface area contributed by atoms with E-state index in [1.165, 1.54) is 53.8 Å². The summed E-state index contributed by atoms with van der Waals surface area (Å²) in [5, 5.41) is 38.2. The molecule has 0 saturated carbocycles. The van der Waals surface area contributed by atoms with Crippen LogP contribution in [-0.2, 0) is 89.2 Å². The molecule has 3 amide bonds. The number of methoxy groups -OCH3 is 1. The van der Waals surface area contributed by atoms with E-state index in [1.54, 1.807) is 31.2 Å². The third kappa shape index (κ3) is 21.6. The van der Waals surface area contributed by atoms with Crippen molar-refractivity contribution >= 4 is 47.2 Å². The first-order valence-electron chi connectivity index (χ1n) is 37.1. The molecule has 4 aliphatic heterocycles. The molecule has 0 aromatic heterocycles. The summed E-state index contributed by atoms with van der Waals surface area (Å²) in [4.78, 5) is 102. The predicted octanol–water partition coefficient (Wildman–Crippen LogP) is 7.78. The minimum Gasteiger partial charge on any atom is -0.493 e. The number of nitrogens with zero attached hydrogens (tertiary/aromatic N) is 1. The van der Waals surface area contributed by atoms with Gasteiger partial charge in [-0.15, -0.1) is 0 Å². The first kappa shape index (κ1) is 81.8. The van der Waals surface area contributed by atoms with Gasteiger partial charge in [0, 0.05) is 88.1 Å². The average Bonchev–Trinajstić information content (AvgIpc) is 1.33. The molecule has 5 aromatic rings. The normalized spacial score (nSPS) is 22.0. The zero-order valence-electron chi connectivity index (χ0n) is 62.3. The van der Waals surface area contributed by atoms with Gasteiger partial charge in [0.1, 0.15) is 49.2 Å². The Kier molecular flexibility index (Phi) is 30.0. The summed E-state index contributed by atoms with van der Waals surface area (Å²) in [5.74, 6) is -3.17. The number of rotatable bonds is 37. The minimum absolute atomic E-state index is 0.0113. The molecule has 5 N–H and O–H groups in total. The standard InChI is InChI=1S/C44H57N3O17.C37H44O7/c1-20(2)9-24(10-21(3)49)41(53)46-15-33(50)45-7-8-47(5)44(55)64-38-25(16-48)11-23(12-31(38)56-6)34-26-13-29-30(60-19-59-29)14-27(26)39(28-17-58-42(54)35(28)34)63-43-37(52)36(51)40-32(62-43)18-57-22(4)61-40;1-28(24-29-10-3-2-4-11-29)25-30(38)17-18-31(39)26-43-23-22-42-21-20-41-19-9-16-37(40)44-27-36-34-14-7-5-12-32(34)33-13-6-8-15-35(33)36/h11-14,20,22,24,28,32,34-37,39-40,43,48,51-52H,7-10,15-19H2,1-6H3,(H,45,50)(H,46,53);2-8,10-15,28,36H,9,16-27H2,1H3/t22?,24?,28-,32?,34+,35-,36?,37?,39+,40?,43?;/m0./s1. The average molecular weight is 1500 g/mol. The number of benzene rings is 5. The van der Waals surface area contributed by atoms with Gasteiger partial charge >= 0.3 is 18.0 Å². The summed E-state index contributed by atoms with van der Waals surface area (Å²) in [6.45, 7) is 10.4. The summed E-state index contributed by atoms with van der Waals surface area (Å²) in [6, 6.07) is 33.4. The van der Waals surface area contributed by atoms with Crippen molar-refractivity contribution in [2.75, 3.05) is 100 Å². The third-order valence-electron chi connectivity index (χ3n) is 19.9. The van der Waals surface area contributed by atoms with Gasteiger partial charge in [-0.3, -0.25) is 28.8 Å². The summed E-state index contributed by atoms with van der Waals surface area (Å²) >= 11 is 0. The van der Waals surface area contributed by atoms with E-state index < -0.39 is 91.3 Å². The molecule has 3 fully saturated rings. The summed E-state index contributed by atoms with van der Waals surface area (Å²) in [7, 11) is 2.82. The van der Waals surface area contributed by atoms with Crippen LogP contribution in [0.25, 0.3) is 11.1 Å². The number of carbonyl (C=O) groups is 8. The number of carbonyl (C=O) groups excluding carboxylic acids is 8. The molecule has 3 saturated heterocycles. The smallest absolute Gasteiger partial charge is 0.415 e. The zero-order chi connectivity index (χ0) is 77.0. The highest BCUT2D eigenvalue weighted by Crippen LogP contribution is 2.57. The number of esters is 2. The summed E-state index contributed by atoms with van der Waals surface area (Å²) in [6.07, 6.45) is -4.91. The van der Waals surface area contributed by atoms with Crippen molar-refractivity contribution < 1.29 is 115 Å². The largest absolute Gasteiger partial charge is 0.493 e. The number of Topliss-reactive ketones (excluding diaryl/α,β-unsaturated/α-hetero) is 3. The SMILES string of the molecule is CC(CC(=O)CCC(=O)COCCOCCOCCCC(=O)OCC1c2ccccc2-c2ccccc21)Cc1ccccc1.COc1cc([C@@H]2c3cc4c(cc3[C@@H](OC3OC5COC(C)OC5C(O)C3O)[C@H]3COC(=O)[C@H]23)OCO4)cc(CO)c1OC(=O)N(C)CCNC(=O)CNC(=O)C(CC(C)=O)CC(C)C. The van der Waals surface area contributed by atoms with E-state index in [-0.39, 0.29) is 130 Å². The number of hydrogen-bond donors (Lipinski definition) is 5. The van der Waals surface area contributed by atoms with E-state index in [4.69, 9.17) is 61.6 Å². The number of ketones is 3. The van der Waals surface area contributed by atoms with Gasteiger partial charge in [-0.05, 0) is 114 Å². The van der Waals surface area contributed by atoms with Crippen molar-refractivity contribution in [3.8, 4) is 34.1 Å². The van der Waals surface area contributed by atoms with Gasteiger partial charge in [-0.1, -0.05) is 99.6 Å². The Morgan fingerprint density at radius 2 is 1.39 bits per heavy atom. The van der Waals surface area contributed by atoms with E-state index in [2.05, 4.69) is 54.0 Å². The van der Waals surface area contributed by atoms with Crippen LogP contribution in [0.5, 0.6) is 23.0 Å². The molecule has 6 aliphatic rings. The quantitative estimate of drug-likeness (QED) is 0.0187. The summed E-state index contributed by atoms with van der Waals surface area (Å²) in [5.41, 5.74) is 7.88. The maximum absolute atomic E-state index is 13.8. The van der Waals surface area contributed by atoms with Gasteiger partial charge in [-0.2, -0.15) is 0 Å². The van der Waals surface area contributed by atoms with Crippen LogP contribution in [0.2, 0.25) is 0 Å². The van der Waals surface area contributed by atoms with E-state index in [0.29, 0.717) is 93.5 Å². The first-order chi connectivity index (χ1) is 52.1. The Labute approximate surface area is 628 Å². The molecule has 8 unspecified atom stereocenters. The van der Waals surface area contributed by atoms with Crippen molar-refractivity contribution in [3.63, 3.8) is 0 Å². The van der Waals surface area contributed by atoms with E-state index in [0.717, 1.165) is 6.42 Å². The molecular formula is C81H101N3O24. The fourth-order valence-electron chi connectivity index (χ4n) is 14.6. The van der Waals surface area contributed by atoms with Crippen LogP contribution in [0.1, 0.15) is 136 Å². The van der Waals surface area contributed by atoms with Gasteiger partial charge in [0.15, 0.2) is 41.4 Å². The maximum Gasteiger partial charge on any atom is 0.415 e. The number of nitrogens with one attached hydrogen (secondary N) is 2. The number of hydrogen-bond acceptors (Lipinski definition) is 24. The lowest BCUT2D eigenvalue weighted by Gasteiger charge is -2.47. The highest BCUT2D eigenvalue weighted by Gasteiger charge is 2.56. The maximum atomic E-state index is 13.8. The molecule has 5 aromatic carbocycles. The molecule has 27 nitrogen and oxygen atoms in total. The lowest BCUT2D eigenvalue weighted by atomic mass is 9.66. The van der Waals surface area contributed by atoms with Crippen molar-refractivity contribution in [2.45, 2.75) is 148 Å². The third-order valence-corrected chi connectivity index (χ3v) is 19.9. The Morgan fingerprint density at radius 1 is 0.722 bits per heavy atom. The number of fused-ring (bicyclic) bond motifs is 7. The molecule has 0 radical (unpaired) electrons. The summed E-state index contributed by atoms with van der Waals surface area (Å²) < 4.78 is 74.7. The van der Waals surface area contributed by atoms with Crippen LogP contribution in [-0.4, -0.2) is 204 Å². The second-order valence-corrected chi connectivity index (χ2v) is 28.5. The van der Waals surface area contributed by atoms with Gasteiger partial charge in [0.05, 0.1) is 71.9 Å². The van der Waals surface area contributed by atoms with Crippen LogP contribution in [0.15, 0.2) is 103 Å². The number of amides is 3. The zero-order valence-corrected chi connectivity index (χ0v) is 62.3. The Balaban J connectivity index is 0.000000247. The number of aliphatic hydroxyl groups is 3. The van der Waals surface area contributed by atoms with Gasteiger partial charge in [0.2, 0.25) is 18.6 Å². The van der Waals surface area contributed by atoms with E-state index >= 15 is 0 Å². The molecule has 11 rings (SSSR count). The Morgan fingerprint density at radius 3 is 2.07 bits per heavy atom. The minimum atomic E-state index is -1.52. The number of cyclic esters (lactones) is 1. The topological polar surface area (TPSA) is 345 Å². The lowest BCUT2D eigenvalue weighted by Crippen LogP contribution is -2.63. The van der Waals surface area contributed by atoms with Crippen LogP contribution in [0.4, 0.5) is 4.79 Å². The predicted molar refractivity (Wildman–Crippen MR) is 389 cm³/mol. The second-order valence-electron chi connectivity index (χ2n) is 28.5. The number of ether oxygens (including phenoxy) is 13. The monoisotopic (exact) mass is 1500 g/mol. The fourth-order valence-corrected chi connectivity index (χ4v) is 14.6.